The van der Waals surface area contributed by atoms with Crippen LogP contribution in [0.25, 0.3) is 0 Å². The molecule has 2 N–H and O–H groups in total. The summed E-state index contributed by atoms with van der Waals surface area (Å²) in [6, 6.07) is 1.11. The van der Waals surface area contributed by atoms with E-state index < -0.39 is 0 Å². The van der Waals surface area contributed by atoms with Gasteiger partial charge in [0.05, 0.1) is 19.8 Å². The van der Waals surface area contributed by atoms with Crippen molar-refractivity contribution < 1.29 is 4.74 Å². The number of rotatable bonds is 6. The number of hydrogen-bond donors (Lipinski definition) is 2. The highest BCUT2D eigenvalue weighted by Crippen LogP contribution is 2.17. The molecule has 1 atom stereocenters. The molecule has 0 amide bonds. The second-order valence-corrected chi connectivity index (χ2v) is 6.81. The van der Waals surface area contributed by atoms with Crippen LogP contribution in [-0.4, -0.2) is 62.3 Å². The maximum absolute atomic E-state index is 5.48. The molecule has 1 saturated heterocycles. The van der Waals surface area contributed by atoms with Gasteiger partial charge in [-0.1, -0.05) is 26.7 Å². The Morgan fingerprint density at radius 3 is 2.43 bits per heavy atom. The molecule has 23 heavy (non-hydrogen) atoms. The fraction of sp³-hybridized carbons (Fsp3) is 0.941. The maximum atomic E-state index is 5.48. The van der Waals surface area contributed by atoms with Crippen LogP contribution in [0.3, 0.4) is 0 Å². The zero-order valence-electron chi connectivity index (χ0n) is 15.0. The molecule has 1 heterocycles. The number of guanidine groups is 1. The Morgan fingerprint density at radius 2 is 1.87 bits per heavy atom. The summed E-state index contributed by atoms with van der Waals surface area (Å²) >= 11 is 0. The highest BCUT2D eigenvalue weighted by atomic mass is 127. The van der Waals surface area contributed by atoms with E-state index in [0.717, 1.165) is 45.4 Å². The lowest BCUT2D eigenvalue weighted by Crippen LogP contribution is -2.48. The topological polar surface area (TPSA) is 48.9 Å². The van der Waals surface area contributed by atoms with Gasteiger partial charge in [0, 0.05) is 31.7 Å². The summed E-state index contributed by atoms with van der Waals surface area (Å²) in [5.41, 5.74) is 0. The van der Waals surface area contributed by atoms with Crippen molar-refractivity contribution in [1.82, 2.24) is 15.5 Å². The van der Waals surface area contributed by atoms with Crippen LogP contribution in [0, 0.1) is 5.92 Å². The third kappa shape index (κ3) is 7.13. The summed E-state index contributed by atoms with van der Waals surface area (Å²) in [5, 5.41) is 7.01. The fourth-order valence-electron chi connectivity index (χ4n) is 3.43. The molecular weight excluding hydrogens is 403 g/mol. The predicted molar refractivity (Wildman–Crippen MR) is 108 cm³/mol. The van der Waals surface area contributed by atoms with Crippen LogP contribution in [-0.2, 0) is 4.74 Å². The van der Waals surface area contributed by atoms with Gasteiger partial charge >= 0.3 is 0 Å². The van der Waals surface area contributed by atoms with Gasteiger partial charge in [-0.2, -0.15) is 0 Å². The molecule has 0 aromatic rings. The Balaban J connectivity index is 0.00000264. The van der Waals surface area contributed by atoms with Crippen LogP contribution in [0.4, 0.5) is 0 Å². The molecule has 0 aromatic carbocycles. The van der Waals surface area contributed by atoms with Crippen molar-refractivity contribution in [3.8, 4) is 0 Å². The quantitative estimate of drug-likeness (QED) is 0.380. The normalized spacial score (nSPS) is 22.0. The second-order valence-electron chi connectivity index (χ2n) is 6.81. The number of nitrogens with zero attached hydrogens (tertiary/aromatic N) is 2. The third-order valence-electron chi connectivity index (χ3n) is 4.76. The maximum Gasteiger partial charge on any atom is 0.191 e. The SMILES string of the molecule is CCNC(=NCC(C(C)C)N1CCOCC1)NC1CCCC1.I. The zero-order valence-corrected chi connectivity index (χ0v) is 17.3. The Hall–Kier alpha value is -0.0800. The van der Waals surface area contributed by atoms with Gasteiger partial charge < -0.3 is 15.4 Å². The van der Waals surface area contributed by atoms with Gasteiger partial charge in [0.1, 0.15) is 0 Å². The van der Waals surface area contributed by atoms with E-state index >= 15 is 0 Å². The van der Waals surface area contributed by atoms with Crippen LogP contribution in [0.2, 0.25) is 0 Å². The minimum absolute atomic E-state index is 0. The van der Waals surface area contributed by atoms with Gasteiger partial charge in [0.15, 0.2) is 5.96 Å². The van der Waals surface area contributed by atoms with Crippen molar-refractivity contribution in [2.45, 2.75) is 58.5 Å². The summed E-state index contributed by atoms with van der Waals surface area (Å²) in [5.74, 6) is 1.60. The molecule has 0 radical (unpaired) electrons. The summed E-state index contributed by atoms with van der Waals surface area (Å²) in [6.07, 6.45) is 5.25. The van der Waals surface area contributed by atoms with E-state index in [1.165, 1.54) is 25.7 Å². The minimum atomic E-state index is 0. The summed E-state index contributed by atoms with van der Waals surface area (Å²) < 4.78 is 5.48. The van der Waals surface area contributed by atoms with E-state index in [-0.39, 0.29) is 24.0 Å². The Bertz CT molecular complexity index is 339. The molecule has 1 aliphatic heterocycles. The van der Waals surface area contributed by atoms with Crippen LogP contribution in [0.15, 0.2) is 4.99 Å². The molecule has 5 nitrogen and oxygen atoms in total. The van der Waals surface area contributed by atoms with Gasteiger partial charge in [-0.25, -0.2) is 0 Å². The molecule has 2 fully saturated rings. The molecule has 6 heteroatoms. The number of ether oxygens (including phenoxy) is 1. The molecule has 0 bridgehead atoms. The fourth-order valence-corrected chi connectivity index (χ4v) is 3.43. The van der Waals surface area contributed by atoms with E-state index in [1.807, 2.05) is 0 Å². The van der Waals surface area contributed by atoms with Gasteiger partial charge in [0.25, 0.3) is 0 Å². The third-order valence-corrected chi connectivity index (χ3v) is 4.76. The molecule has 136 valence electrons. The van der Waals surface area contributed by atoms with Crippen molar-refractivity contribution in [2.24, 2.45) is 10.9 Å². The van der Waals surface area contributed by atoms with Crippen LogP contribution >= 0.6 is 24.0 Å². The van der Waals surface area contributed by atoms with Crippen LogP contribution in [0.1, 0.15) is 46.5 Å². The van der Waals surface area contributed by atoms with Crippen molar-refractivity contribution >= 4 is 29.9 Å². The minimum Gasteiger partial charge on any atom is -0.379 e. The summed E-state index contributed by atoms with van der Waals surface area (Å²) in [4.78, 5) is 7.42. The largest absolute Gasteiger partial charge is 0.379 e. The van der Waals surface area contributed by atoms with Crippen molar-refractivity contribution in [3.63, 3.8) is 0 Å². The Morgan fingerprint density at radius 1 is 1.22 bits per heavy atom. The molecule has 0 spiro atoms. The number of nitrogens with one attached hydrogen (secondary N) is 2. The van der Waals surface area contributed by atoms with E-state index in [0.29, 0.717) is 18.0 Å². The Kier molecular flexibility index (Phi) is 10.5. The molecule has 1 aliphatic carbocycles. The first-order valence-electron chi connectivity index (χ1n) is 9.07. The van der Waals surface area contributed by atoms with Gasteiger partial charge in [-0.15, -0.1) is 24.0 Å². The Labute approximate surface area is 159 Å². The zero-order chi connectivity index (χ0) is 15.8. The first-order chi connectivity index (χ1) is 10.7. The standard InChI is InChI=1S/C17H34N4O.HI/c1-4-18-17(20-15-7-5-6-8-15)19-13-16(14(2)3)21-9-11-22-12-10-21;/h14-16H,4-13H2,1-3H3,(H2,18,19,20);1H. The molecule has 0 aromatic heterocycles. The number of hydrogen-bond acceptors (Lipinski definition) is 3. The molecule has 1 saturated carbocycles. The lowest BCUT2D eigenvalue weighted by Gasteiger charge is -2.36. The van der Waals surface area contributed by atoms with E-state index in [9.17, 15) is 0 Å². The summed E-state index contributed by atoms with van der Waals surface area (Å²) in [6.45, 7) is 12.3. The van der Waals surface area contributed by atoms with E-state index in [4.69, 9.17) is 9.73 Å². The number of morpholine rings is 1. The van der Waals surface area contributed by atoms with Gasteiger partial charge in [0.2, 0.25) is 0 Å². The second kappa shape index (κ2) is 11.5. The average Bonchev–Trinajstić information content (AvgIpc) is 3.01. The number of aliphatic imine (C=N–C) groups is 1. The molecular formula is C17H35IN4O. The lowest BCUT2D eigenvalue weighted by atomic mass is 10.0. The monoisotopic (exact) mass is 438 g/mol. The number of halogens is 1. The highest BCUT2D eigenvalue weighted by molar-refractivity contribution is 14.0. The smallest absolute Gasteiger partial charge is 0.191 e. The predicted octanol–water partition coefficient (Wildman–Crippen LogP) is 2.46. The van der Waals surface area contributed by atoms with Crippen molar-refractivity contribution in [2.75, 3.05) is 39.4 Å². The highest BCUT2D eigenvalue weighted by Gasteiger charge is 2.24. The molecule has 1 unspecified atom stereocenters. The van der Waals surface area contributed by atoms with Crippen molar-refractivity contribution in [1.29, 1.82) is 0 Å². The van der Waals surface area contributed by atoms with Crippen molar-refractivity contribution in [3.05, 3.63) is 0 Å². The summed E-state index contributed by atoms with van der Waals surface area (Å²) in [7, 11) is 0. The van der Waals surface area contributed by atoms with Crippen LogP contribution in [0.5, 0.6) is 0 Å². The lowest BCUT2D eigenvalue weighted by molar-refractivity contribution is 0.00867. The molecule has 2 rings (SSSR count). The van der Waals surface area contributed by atoms with E-state index in [1.54, 1.807) is 0 Å². The van der Waals surface area contributed by atoms with E-state index in [2.05, 4.69) is 36.3 Å². The molecule has 2 aliphatic rings. The van der Waals surface area contributed by atoms with Crippen LogP contribution < -0.4 is 10.6 Å². The first kappa shape index (κ1) is 21.0. The van der Waals surface area contributed by atoms with Gasteiger partial charge in [-0.05, 0) is 25.7 Å². The average molecular weight is 438 g/mol. The van der Waals surface area contributed by atoms with Gasteiger partial charge in [-0.3, -0.25) is 9.89 Å². The first-order valence-corrected chi connectivity index (χ1v) is 9.07.